The van der Waals surface area contributed by atoms with E-state index in [0.29, 0.717) is 10.9 Å². The van der Waals surface area contributed by atoms with E-state index in [9.17, 15) is 14.3 Å². The maximum absolute atomic E-state index is 10.9. The van der Waals surface area contributed by atoms with Crippen molar-refractivity contribution in [1.29, 1.82) is 0 Å². The van der Waals surface area contributed by atoms with Gasteiger partial charge in [0.25, 0.3) is 0 Å². The molecule has 0 bridgehead atoms. The molecule has 1 heterocycles. The Balaban J connectivity index is 2.46. The predicted molar refractivity (Wildman–Crippen MR) is 65.4 cm³/mol. The molecule has 2 unspecified atom stereocenters. The molecule has 2 atom stereocenters. The topological polar surface area (TPSA) is 85.1 Å². The van der Waals surface area contributed by atoms with Crippen molar-refractivity contribution in [1.82, 2.24) is 4.98 Å². The van der Waals surface area contributed by atoms with Crippen molar-refractivity contribution >= 4 is 32.3 Å². The Labute approximate surface area is 99.7 Å². The van der Waals surface area contributed by atoms with Crippen LogP contribution in [-0.4, -0.2) is 32.2 Å². The Hall–Kier alpha value is -1.02. The summed E-state index contributed by atoms with van der Waals surface area (Å²) in [5.41, 5.74) is 0. The summed E-state index contributed by atoms with van der Waals surface area (Å²) in [5, 5.41) is 14.0. The lowest BCUT2D eigenvalue weighted by molar-refractivity contribution is -0.380. The van der Waals surface area contributed by atoms with Crippen molar-refractivity contribution in [3.63, 3.8) is 0 Å². The molecule has 90 valence electrons. The Morgan fingerprint density at radius 1 is 1.75 bits per heavy atom. The third-order valence-electron chi connectivity index (χ3n) is 1.88. The standard InChI is InChI=1S/C8H13N3O3S2/c1-6(3-4-16(2)14)10-8-9-5-7(15-8)11(12)13/h5-6H,3-4H2,1-2H3,(H,9,10). The van der Waals surface area contributed by atoms with Gasteiger partial charge in [0.05, 0.1) is 4.92 Å². The van der Waals surface area contributed by atoms with Gasteiger partial charge in [-0.1, -0.05) is 0 Å². The molecular weight excluding hydrogens is 250 g/mol. The molecule has 0 aliphatic rings. The van der Waals surface area contributed by atoms with Crippen LogP contribution >= 0.6 is 11.3 Å². The van der Waals surface area contributed by atoms with Crippen molar-refractivity contribution in [2.24, 2.45) is 0 Å². The molecule has 0 radical (unpaired) electrons. The van der Waals surface area contributed by atoms with Crippen LogP contribution in [0.2, 0.25) is 0 Å². The first kappa shape index (κ1) is 13.0. The molecule has 0 saturated carbocycles. The molecule has 0 spiro atoms. The fraction of sp³-hybridized carbons (Fsp3) is 0.625. The van der Waals surface area contributed by atoms with Gasteiger partial charge in [-0.3, -0.25) is 14.3 Å². The number of nitro groups is 1. The normalized spacial score (nSPS) is 14.4. The van der Waals surface area contributed by atoms with Crippen LogP contribution in [0.3, 0.4) is 0 Å². The molecule has 1 aromatic heterocycles. The maximum atomic E-state index is 10.9. The SMILES string of the molecule is CC(CCS(C)=O)Nc1ncc([N+](=O)[O-])s1. The summed E-state index contributed by atoms with van der Waals surface area (Å²) in [6.07, 6.45) is 3.63. The third kappa shape index (κ3) is 4.23. The van der Waals surface area contributed by atoms with Crippen LogP contribution < -0.4 is 5.32 Å². The number of nitrogens with zero attached hydrogens (tertiary/aromatic N) is 2. The summed E-state index contributed by atoms with van der Waals surface area (Å²) in [7, 11) is -0.811. The van der Waals surface area contributed by atoms with E-state index in [1.54, 1.807) is 6.26 Å². The van der Waals surface area contributed by atoms with Crippen LogP contribution in [0.4, 0.5) is 10.1 Å². The van der Waals surface area contributed by atoms with E-state index >= 15 is 0 Å². The highest BCUT2D eigenvalue weighted by atomic mass is 32.2. The van der Waals surface area contributed by atoms with Crippen molar-refractivity contribution < 1.29 is 9.13 Å². The van der Waals surface area contributed by atoms with Crippen LogP contribution in [-0.2, 0) is 10.8 Å². The van der Waals surface area contributed by atoms with Crippen LogP contribution in [0.25, 0.3) is 0 Å². The average molecular weight is 263 g/mol. The summed E-state index contributed by atoms with van der Waals surface area (Å²) >= 11 is 1.01. The van der Waals surface area contributed by atoms with Gasteiger partial charge in [0.2, 0.25) is 0 Å². The summed E-state index contributed by atoms with van der Waals surface area (Å²) in [6, 6.07) is 0.106. The number of hydrogen-bond donors (Lipinski definition) is 1. The van der Waals surface area contributed by atoms with Gasteiger partial charge in [-0.05, 0) is 24.7 Å². The van der Waals surface area contributed by atoms with Crippen molar-refractivity contribution in [3.05, 3.63) is 16.3 Å². The minimum Gasteiger partial charge on any atom is -0.359 e. The first-order valence-electron chi connectivity index (χ1n) is 4.66. The number of aromatic nitrogens is 1. The van der Waals surface area contributed by atoms with Crippen molar-refractivity contribution in [3.8, 4) is 0 Å². The second-order valence-electron chi connectivity index (χ2n) is 3.37. The molecule has 1 N–H and O–H groups in total. The van der Waals surface area contributed by atoms with E-state index in [1.165, 1.54) is 6.20 Å². The smallest absolute Gasteiger partial charge is 0.345 e. The zero-order chi connectivity index (χ0) is 12.1. The molecule has 0 saturated heterocycles. The van der Waals surface area contributed by atoms with Gasteiger partial charge in [0.15, 0.2) is 5.13 Å². The minimum absolute atomic E-state index is 0.0220. The highest BCUT2D eigenvalue weighted by Gasteiger charge is 2.12. The number of hydrogen-bond acceptors (Lipinski definition) is 6. The lowest BCUT2D eigenvalue weighted by atomic mass is 10.3. The fourth-order valence-electron chi connectivity index (χ4n) is 1.04. The average Bonchev–Trinajstić information content (AvgIpc) is 2.63. The molecule has 0 aromatic carbocycles. The van der Waals surface area contributed by atoms with Gasteiger partial charge >= 0.3 is 5.00 Å². The van der Waals surface area contributed by atoms with Gasteiger partial charge in [-0.15, -0.1) is 0 Å². The summed E-state index contributed by atoms with van der Waals surface area (Å²) in [5.74, 6) is 0.613. The highest BCUT2D eigenvalue weighted by molar-refractivity contribution is 7.84. The monoisotopic (exact) mass is 263 g/mol. The number of rotatable bonds is 6. The quantitative estimate of drug-likeness (QED) is 0.622. The van der Waals surface area contributed by atoms with Gasteiger partial charge in [0.1, 0.15) is 6.20 Å². The Kier molecular flexibility index (Phi) is 4.81. The molecular formula is C8H13N3O3S2. The number of nitrogens with one attached hydrogen (secondary N) is 1. The molecule has 0 aliphatic heterocycles. The third-order valence-corrected chi connectivity index (χ3v) is 3.57. The summed E-state index contributed by atoms with van der Waals surface area (Å²) in [4.78, 5) is 13.9. The maximum Gasteiger partial charge on any atom is 0.345 e. The number of thiazole rings is 1. The summed E-state index contributed by atoms with van der Waals surface area (Å²) < 4.78 is 10.9. The molecule has 16 heavy (non-hydrogen) atoms. The zero-order valence-electron chi connectivity index (χ0n) is 9.00. The molecule has 0 amide bonds. The number of anilines is 1. The predicted octanol–water partition coefficient (Wildman–Crippen LogP) is 1.62. The molecule has 1 rings (SSSR count). The molecule has 1 aromatic rings. The highest BCUT2D eigenvalue weighted by Crippen LogP contribution is 2.25. The van der Waals surface area contributed by atoms with Crippen molar-refractivity contribution in [2.75, 3.05) is 17.3 Å². The van der Waals surface area contributed by atoms with E-state index in [4.69, 9.17) is 0 Å². The Morgan fingerprint density at radius 3 is 2.94 bits per heavy atom. The van der Waals surface area contributed by atoms with Gasteiger partial charge in [-0.25, -0.2) is 4.98 Å². The minimum atomic E-state index is -0.811. The second-order valence-corrected chi connectivity index (χ2v) is 5.94. The van der Waals surface area contributed by atoms with Crippen LogP contribution in [0.1, 0.15) is 13.3 Å². The second kappa shape index (κ2) is 5.90. The lowest BCUT2D eigenvalue weighted by Gasteiger charge is -2.10. The van der Waals surface area contributed by atoms with E-state index in [1.807, 2.05) is 6.92 Å². The van der Waals surface area contributed by atoms with E-state index in [2.05, 4.69) is 10.3 Å². The fourth-order valence-corrected chi connectivity index (χ4v) is 2.47. The van der Waals surface area contributed by atoms with Gasteiger partial charge < -0.3 is 5.32 Å². The largest absolute Gasteiger partial charge is 0.359 e. The van der Waals surface area contributed by atoms with Gasteiger partial charge in [-0.2, -0.15) is 0 Å². The Morgan fingerprint density at radius 2 is 2.44 bits per heavy atom. The van der Waals surface area contributed by atoms with E-state index < -0.39 is 15.7 Å². The molecule has 8 heteroatoms. The van der Waals surface area contributed by atoms with E-state index in [-0.39, 0.29) is 11.0 Å². The van der Waals surface area contributed by atoms with Crippen LogP contribution in [0.15, 0.2) is 6.20 Å². The first-order valence-corrected chi connectivity index (χ1v) is 7.20. The first-order chi connectivity index (χ1) is 7.49. The van der Waals surface area contributed by atoms with Crippen molar-refractivity contribution in [2.45, 2.75) is 19.4 Å². The van der Waals surface area contributed by atoms with Crippen LogP contribution in [0, 0.1) is 10.1 Å². The Bertz CT molecular complexity index is 394. The molecule has 6 nitrogen and oxygen atoms in total. The van der Waals surface area contributed by atoms with Crippen LogP contribution in [0.5, 0.6) is 0 Å². The van der Waals surface area contributed by atoms with E-state index in [0.717, 1.165) is 17.8 Å². The lowest BCUT2D eigenvalue weighted by Crippen LogP contribution is -2.17. The zero-order valence-corrected chi connectivity index (χ0v) is 10.6. The van der Waals surface area contributed by atoms with Gasteiger partial charge in [0, 0.05) is 28.9 Å². The molecule has 0 fully saturated rings. The summed E-state index contributed by atoms with van der Waals surface area (Å²) in [6.45, 7) is 1.93. The molecule has 0 aliphatic carbocycles.